The molecule has 9 aromatic carbocycles. The Morgan fingerprint density at radius 1 is 0.302 bits per heavy atom. The molecule has 6 heteroatoms. The zero-order valence-electron chi connectivity index (χ0n) is 34.0. The molecule has 0 fully saturated rings. The van der Waals surface area contributed by atoms with Crippen molar-refractivity contribution >= 4 is 50.6 Å². The van der Waals surface area contributed by atoms with Crippen molar-refractivity contribution < 1.29 is 0 Å². The van der Waals surface area contributed by atoms with Gasteiger partial charge in [-0.3, -0.25) is 0 Å². The summed E-state index contributed by atoms with van der Waals surface area (Å²) < 4.78 is 2.35. The number of anilines is 3. The molecule has 11 aromatic rings. The number of benzene rings is 9. The molecule has 0 saturated heterocycles. The monoisotopic (exact) mass is 823 g/mol. The van der Waals surface area contributed by atoms with Crippen LogP contribution in [0.3, 0.4) is 0 Å². The zero-order chi connectivity index (χ0) is 41.7. The summed E-state index contributed by atoms with van der Waals surface area (Å²) in [5, 5.41) is 2.40. The third kappa shape index (κ3) is 6.65. The fraction of sp³-hybridized carbons (Fsp3) is 0. The van der Waals surface area contributed by atoms with Crippen LogP contribution >= 0.6 is 11.8 Å². The first-order chi connectivity index (χ1) is 31.2. The fourth-order valence-electron chi connectivity index (χ4n) is 8.80. The maximum Gasteiger partial charge on any atom is 0.164 e. The number of nitrogens with zero attached hydrogens (tertiary/aromatic N) is 5. The molecule has 0 atom stereocenters. The van der Waals surface area contributed by atoms with Crippen LogP contribution in [0.15, 0.2) is 234 Å². The Morgan fingerprint density at radius 2 is 0.810 bits per heavy atom. The van der Waals surface area contributed by atoms with Gasteiger partial charge in [-0.05, 0) is 89.0 Å². The van der Waals surface area contributed by atoms with Gasteiger partial charge in [0.05, 0.1) is 22.4 Å². The van der Waals surface area contributed by atoms with E-state index in [0.717, 1.165) is 39.1 Å². The van der Waals surface area contributed by atoms with Crippen LogP contribution in [0.5, 0.6) is 0 Å². The topological polar surface area (TPSA) is 46.8 Å². The lowest BCUT2D eigenvalue weighted by molar-refractivity contribution is 1.07. The van der Waals surface area contributed by atoms with Gasteiger partial charge in [0.25, 0.3) is 0 Å². The normalized spacial score (nSPS) is 12.0. The lowest BCUT2D eigenvalue weighted by Crippen LogP contribution is -2.14. The van der Waals surface area contributed by atoms with Gasteiger partial charge in [0, 0.05) is 48.6 Å². The minimum Gasteiger partial charge on any atom is -0.309 e. The highest BCUT2D eigenvalue weighted by atomic mass is 32.2. The number of aromatic nitrogens is 4. The maximum absolute atomic E-state index is 5.02. The van der Waals surface area contributed by atoms with E-state index in [0.29, 0.717) is 17.5 Å². The molecule has 3 heterocycles. The van der Waals surface area contributed by atoms with Gasteiger partial charge in [0.1, 0.15) is 0 Å². The second-order valence-corrected chi connectivity index (χ2v) is 16.8. The molecular formula is C57H37N5S. The highest BCUT2D eigenvalue weighted by Gasteiger charge is 2.25. The van der Waals surface area contributed by atoms with Gasteiger partial charge in [0.2, 0.25) is 0 Å². The second kappa shape index (κ2) is 15.4. The number of fused-ring (bicyclic) bond motifs is 5. The first-order valence-electron chi connectivity index (χ1n) is 21.1. The molecule has 0 radical (unpaired) electrons. The van der Waals surface area contributed by atoms with E-state index in [1.54, 1.807) is 0 Å². The van der Waals surface area contributed by atoms with Crippen molar-refractivity contribution in [3.05, 3.63) is 224 Å². The van der Waals surface area contributed by atoms with Crippen LogP contribution < -0.4 is 4.90 Å². The van der Waals surface area contributed by atoms with Gasteiger partial charge in [-0.15, -0.1) is 0 Å². The fourth-order valence-corrected chi connectivity index (χ4v) is 9.90. The first-order valence-corrected chi connectivity index (χ1v) is 21.9. The summed E-state index contributed by atoms with van der Waals surface area (Å²) in [6.07, 6.45) is 0. The molecule has 63 heavy (non-hydrogen) atoms. The average Bonchev–Trinajstić information content (AvgIpc) is 3.70. The van der Waals surface area contributed by atoms with E-state index < -0.39 is 0 Å². The van der Waals surface area contributed by atoms with E-state index in [-0.39, 0.29) is 0 Å². The predicted molar refractivity (Wildman–Crippen MR) is 260 cm³/mol. The van der Waals surface area contributed by atoms with Crippen LogP contribution in [0, 0.1) is 0 Å². The molecule has 0 spiro atoms. The molecule has 1 aliphatic rings. The van der Waals surface area contributed by atoms with Crippen molar-refractivity contribution in [3.63, 3.8) is 0 Å². The zero-order valence-corrected chi connectivity index (χ0v) is 34.8. The van der Waals surface area contributed by atoms with Crippen LogP contribution in [0.25, 0.3) is 83.9 Å². The van der Waals surface area contributed by atoms with Gasteiger partial charge >= 0.3 is 0 Å². The van der Waals surface area contributed by atoms with Crippen molar-refractivity contribution in [1.82, 2.24) is 19.5 Å². The third-order valence-electron chi connectivity index (χ3n) is 11.8. The quantitative estimate of drug-likeness (QED) is 0.160. The van der Waals surface area contributed by atoms with E-state index in [1.165, 1.54) is 54.2 Å². The summed E-state index contributed by atoms with van der Waals surface area (Å²) in [6, 6.07) is 79.4. The standard InChI is InChI=1S/C57H37N5S/c1-4-15-40(16-5-1)55-58-56(41-17-6-2-7-18-41)60-57(59-55)44-19-14-22-46(35-44)62-49-24-11-10-23-47(49)48-36-42(31-33-50(48)62)38-27-29-39(30-28-38)43-32-34-52-54(37-43)63-53-26-13-12-25-51(53)61(52)45-20-8-3-9-21-45/h1-37H. The first kappa shape index (κ1) is 36.8. The Hall–Kier alpha value is -8.06. The molecule has 0 bridgehead atoms. The van der Waals surface area contributed by atoms with E-state index in [2.05, 4.69) is 173 Å². The largest absolute Gasteiger partial charge is 0.309 e. The Morgan fingerprint density at radius 3 is 1.52 bits per heavy atom. The van der Waals surface area contributed by atoms with Crippen molar-refractivity contribution in [3.8, 4) is 62.1 Å². The summed E-state index contributed by atoms with van der Waals surface area (Å²) in [6.45, 7) is 0. The summed E-state index contributed by atoms with van der Waals surface area (Å²) in [5.41, 5.74) is 14.4. The van der Waals surface area contributed by atoms with Crippen LogP contribution in [-0.2, 0) is 0 Å². The summed E-state index contributed by atoms with van der Waals surface area (Å²) in [5.74, 6) is 1.92. The summed E-state index contributed by atoms with van der Waals surface area (Å²) in [4.78, 5) is 19.8. The van der Waals surface area contributed by atoms with Crippen molar-refractivity contribution in [2.45, 2.75) is 9.79 Å². The molecule has 2 aromatic heterocycles. The number of rotatable bonds is 7. The third-order valence-corrected chi connectivity index (χ3v) is 12.9. The minimum atomic E-state index is 0.629. The average molecular weight is 824 g/mol. The SMILES string of the molecule is c1ccc(-c2nc(-c3ccccc3)nc(-c3cccc(-n4c5ccccc5c5cc(-c6ccc(-c7ccc8c(c7)Sc7ccccc7N8c7ccccc7)cc6)ccc54)c3)n2)cc1. The Bertz CT molecular complexity index is 3420. The molecule has 0 N–H and O–H groups in total. The number of hydrogen-bond donors (Lipinski definition) is 0. The van der Waals surface area contributed by atoms with E-state index in [1.807, 2.05) is 72.4 Å². The molecule has 296 valence electrons. The van der Waals surface area contributed by atoms with Crippen LogP contribution in [-0.4, -0.2) is 19.5 Å². The molecule has 0 aliphatic carbocycles. The Kier molecular flexibility index (Phi) is 9.01. The lowest BCUT2D eigenvalue weighted by Gasteiger charge is -2.33. The van der Waals surface area contributed by atoms with Crippen LogP contribution in [0.2, 0.25) is 0 Å². The van der Waals surface area contributed by atoms with Gasteiger partial charge in [0.15, 0.2) is 17.5 Å². The molecule has 1 aliphatic heterocycles. The van der Waals surface area contributed by atoms with Gasteiger partial charge in [-0.1, -0.05) is 169 Å². The number of para-hydroxylation sites is 3. The molecule has 0 saturated carbocycles. The molecule has 0 unspecified atom stereocenters. The van der Waals surface area contributed by atoms with Crippen molar-refractivity contribution in [2.24, 2.45) is 0 Å². The molecule has 5 nitrogen and oxygen atoms in total. The van der Waals surface area contributed by atoms with Crippen molar-refractivity contribution in [1.29, 1.82) is 0 Å². The van der Waals surface area contributed by atoms with Gasteiger partial charge in [-0.2, -0.15) is 0 Å². The van der Waals surface area contributed by atoms with E-state index in [4.69, 9.17) is 15.0 Å². The van der Waals surface area contributed by atoms with Gasteiger partial charge in [-0.25, -0.2) is 15.0 Å². The summed E-state index contributed by atoms with van der Waals surface area (Å²) >= 11 is 1.84. The van der Waals surface area contributed by atoms with Gasteiger partial charge < -0.3 is 9.47 Å². The lowest BCUT2D eigenvalue weighted by atomic mass is 9.98. The smallest absolute Gasteiger partial charge is 0.164 e. The van der Waals surface area contributed by atoms with Crippen molar-refractivity contribution in [2.75, 3.05) is 4.90 Å². The highest BCUT2D eigenvalue weighted by molar-refractivity contribution is 7.99. The second-order valence-electron chi connectivity index (χ2n) is 15.7. The van der Waals surface area contributed by atoms with Crippen LogP contribution in [0.1, 0.15) is 0 Å². The van der Waals surface area contributed by atoms with E-state index >= 15 is 0 Å². The predicted octanol–water partition coefficient (Wildman–Crippen LogP) is 15.2. The minimum absolute atomic E-state index is 0.629. The van der Waals surface area contributed by atoms with Crippen LogP contribution in [0.4, 0.5) is 17.1 Å². The maximum atomic E-state index is 5.02. The highest BCUT2D eigenvalue weighted by Crippen LogP contribution is 2.52. The van der Waals surface area contributed by atoms with E-state index in [9.17, 15) is 0 Å². The molecular weight excluding hydrogens is 787 g/mol. The molecule has 0 amide bonds. The summed E-state index contributed by atoms with van der Waals surface area (Å²) in [7, 11) is 0. The Balaban J connectivity index is 0.892. The Labute approximate surface area is 369 Å². The molecule has 12 rings (SSSR count). The number of hydrogen-bond acceptors (Lipinski definition) is 5.